The number of Topliss-reactive ketones (excluding diaryl/α,β-unsaturated/α-hetero) is 1. The number of hydrogen-bond acceptors (Lipinski definition) is 1. The second-order valence-corrected chi connectivity index (χ2v) is 4.74. The van der Waals surface area contributed by atoms with E-state index in [0.29, 0.717) is 11.7 Å². The van der Waals surface area contributed by atoms with E-state index in [9.17, 15) is 4.79 Å². The van der Waals surface area contributed by atoms with Crippen molar-refractivity contribution in [1.29, 1.82) is 0 Å². The van der Waals surface area contributed by atoms with Gasteiger partial charge in [0.25, 0.3) is 0 Å². The maximum atomic E-state index is 11.6. The second-order valence-electron chi connectivity index (χ2n) is 4.74. The van der Waals surface area contributed by atoms with Crippen molar-refractivity contribution in [3.63, 3.8) is 0 Å². The lowest BCUT2D eigenvalue weighted by molar-refractivity contribution is -0.121. The normalized spacial score (nSPS) is 20.4. The molecule has 1 rings (SSSR count). The van der Waals surface area contributed by atoms with E-state index in [2.05, 4.69) is 12.7 Å². The zero-order valence-corrected chi connectivity index (χ0v) is 9.96. The maximum absolute atomic E-state index is 11.6. The van der Waals surface area contributed by atoms with Crippen molar-refractivity contribution < 1.29 is 4.79 Å². The Kier molecular flexibility index (Phi) is 4.80. The summed E-state index contributed by atoms with van der Waals surface area (Å²) in [7, 11) is 0. The lowest BCUT2D eigenvalue weighted by Gasteiger charge is -2.26. The summed E-state index contributed by atoms with van der Waals surface area (Å²) in [4.78, 5) is 11.6. The quantitative estimate of drug-likeness (QED) is 0.637. The van der Waals surface area contributed by atoms with E-state index in [-0.39, 0.29) is 5.92 Å². The molecule has 0 N–H and O–H groups in total. The Hall–Kier alpha value is -0.850. The molecule has 0 aromatic heterocycles. The largest absolute Gasteiger partial charge is 0.299 e. The zero-order valence-electron chi connectivity index (χ0n) is 9.96. The highest BCUT2D eigenvalue weighted by Crippen LogP contribution is 2.31. The van der Waals surface area contributed by atoms with E-state index in [1.807, 2.05) is 13.0 Å². The highest BCUT2D eigenvalue weighted by atomic mass is 16.1. The van der Waals surface area contributed by atoms with Gasteiger partial charge in [0.05, 0.1) is 0 Å². The van der Waals surface area contributed by atoms with Crippen molar-refractivity contribution >= 4 is 5.78 Å². The molecule has 0 aromatic rings. The zero-order chi connectivity index (χ0) is 11.3. The van der Waals surface area contributed by atoms with Crippen LogP contribution >= 0.6 is 0 Å². The Balaban J connectivity index is 2.63. The fourth-order valence-electron chi connectivity index (χ4n) is 2.39. The van der Waals surface area contributed by atoms with Gasteiger partial charge in [-0.05, 0) is 32.6 Å². The van der Waals surface area contributed by atoms with Crippen LogP contribution in [0.4, 0.5) is 0 Å². The molecular weight excluding hydrogens is 184 g/mol. The first kappa shape index (κ1) is 12.2. The first-order chi connectivity index (χ1) is 7.11. The summed E-state index contributed by atoms with van der Waals surface area (Å²) >= 11 is 0. The van der Waals surface area contributed by atoms with Crippen LogP contribution in [0.5, 0.6) is 0 Å². The van der Waals surface area contributed by atoms with Crippen LogP contribution < -0.4 is 0 Å². The standard InChI is InChI=1S/C14H22O/c1-11(2)9-10-14(12(3)15)13-7-5-4-6-8-13/h9-10,13-14H,1,4-8H2,2-3H3/b10-9+/t14-/m1/s1. The van der Waals surface area contributed by atoms with Crippen molar-refractivity contribution in [1.82, 2.24) is 0 Å². The molecular formula is C14H22O. The Labute approximate surface area is 93.3 Å². The molecule has 0 aliphatic heterocycles. The molecule has 0 heterocycles. The molecule has 0 bridgehead atoms. The third-order valence-corrected chi connectivity index (χ3v) is 3.22. The number of carbonyl (C=O) groups is 1. The fraction of sp³-hybridized carbons (Fsp3) is 0.643. The maximum Gasteiger partial charge on any atom is 0.136 e. The molecule has 0 saturated heterocycles. The van der Waals surface area contributed by atoms with Gasteiger partial charge in [-0.25, -0.2) is 0 Å². The van der Waals surface area contributed by atoms with Gasteiger partial charge in [0.1, 0.15) is 5.78 Å². The highest BCUT2D eigenvalue weighted by molar-refractivity contribution is 5.80. The number of ketones is 1. The van der Waals surface area contributed by atoms with Gasteiger partial charge in [-0.2, -0.15) is 0 Å². The minimum atomic E-state index is 0.127. The first-order valence-corrected chi connectivity index (χ1v) is 5.95. The van der Waals surface area contributed by atoms with Crippen LogP contribution in [-0.2, 0) is 4.79 Å². The molecule has 0 spiro atoms. The Bertz CT molecular complexity index is 257. The monoisotopic (exact) mass is 206 g/mol. The SMILES string of the molecule is C=C(C)/C=C/[C@H](C(C)=O)C1CCCCC1. The van der Waals surface area contributed by atoms with E-state index < -0.39 is 0 Å². The molecule has 1 heteroatoms. The Morgan fingerprint density at radius 3 is 2.33 bits per heavy atom. The van der Waals surface area contributed by atoms with Gasteiger partial charge < -0.3 is 0 Å². The summed E-state index contributed by atoms with van der Waals surface area (Å²) < 4.78 is 0. The van der Waals surface area contributed by atoms with Crippen LogP contribution in [0.3, 0.4) is 0 Å². The van der Waals surface area contributed by atoms with Gasteiger partial charge in [0, 0.05) is 5.92 Å². The summed E-state index contributed by atoms with van der Waals surface area (Å²) in [6.45, 7) is 7.51. The summed E-state index contributed by atoms with van der Waals surface area (Å²) in [6, 6.07) is 0. The first-order valence-electron chi connectivity index (χ1n) is 5.95. The van der Waals surface area contributed by atoms with E-state index in [1.165, 1.54) is 32.1 Å². The van der Waals surface area contributed by atoms with E-state index in [4.69, 9.17) is 0 Å². The second kappa shape index (κ2) is 5.89. The number of carbonyl (C=O) groups excluding carboxylic acids is 1. The number of allylic oxidation sites excluding steroid dienone is 3. The summed E-state index contributed by atoms with van der Waals surface area (Å²) in [5.41, 5.74) is 1.03. The van der Waals surface area contributed by atoms with Gasteiger partial charge in [-0.15, -0.1) is 0 Å². The predicted octanol–water partition coefficient (Wildman–Crippen LogP) is 3.90. The van der Waals surface area contributed by atoms with Gasteiger partial charge in [-0.3, -0.25) is 4.79 Å². The number of hydrogen-bond donors (Lipinski definition) is 0. The molecule has 1 nitrogen and oxygen atoms in total. The average molecular weight is 206 g/mol. The molecule has 1 fully saturated rings. The van der Waals surface area contributed by atoms with E-state index in [0.717, 1.165) is 5.57 Å². The lowest BCUT2D eigenvalue weighted by atomic mass is 9.78. The molecule has 1 atom stereocenters. The minimum absolute atomic E-state index is 0.127. The van der Waals surface area contributed by atoms with E-state index in [1.54, 1.807) is 6.92 Å². The number of rotatable bonds is 4. The van der Waals surface area contributed by atoms with Crippen LogP contribution in [0, 0.1) is 11.8 Å². The van der Waals surface area contributed by atoms with Crippen LogP contribution in [0.1, 0.15) is 46.0 Å². The topological polar surface area (TPSA) is 17.1 Å². The molecule has 1 saturated carbocycles. The molecule has 1 aliphatic rings. The Morgan fingerprint density at radius 1 is 1.27 bits per heavy atom. The molecule has 0 aromatic carbocycles. The van der Waals surface area contributed by atoms with Crippen molar-refractivity contribution in [2.24, 2.45) is 11.8 Å². The molecule has 84 valence electrons. The summed E-state index contributed by atoms with van der Waals surface area (Å²) in [5, 5.41) is 0. The van der Waals surface area contributed by atoms with Crippen molar-refractivity contribution in [2.75, 3.05) is 0 Å². The molecule has 15 heavy (non-hydrogen) atoms. The van der Waals surface area contributed by atoms with Gasteiger partial charge in [0.15, 0.2) is 0 Å². The highest BCUT2D eigenvalue weighted by Gasteiger charge is 2.24. The molecule has 0 amide bonds. The average Bonchev–Trinajstić information content (AvgIpc) is 2.18. The molecule has 0 radical (unpaired) electrons. The van der Waals surface area contributed by atoms with Crippen molar-refractivity contribution in [2.45, 2.75) is 46.0 Å². The molecule has 0 unspecified atom stereocenters. The van der Waals surface area contributed by atoms with Crippen LogP contribution in [0.2, 0.25) is 0 Å². The van der Waals surface area contributed by atoms with E-state index >= 15 is 0 Å². The smallest absolute Gasteiger partial charge is 0.136 e. The van der Waals surface area contributed by atoms with Crippen LogP contribution in [0.25, 0.3) is 0 Å². The van der Waals surface area contributed by atoms with Gasteiger partial charge in [0.2, 0.25) is 0 Å². The van der Waals surface area contributed by atoms with Gasteiger partial charge in [-0.1, -0.05) is 43.6 Å². The van der Waals surface area contributed by atoms with Crippen molar-refractivity contribution in [3.8, 4) is 0 Å². The third-order valence-electron chi connectivity index (χ3n) is 3.22. The van der Waals surface area contributed by atoms with Crippen molar-refractivity contribution in [3.05, 3.63) is 24.3 Å². The predicted molar refractivity (Wildman–Crippen MR) is 64.7 cm³/mol. The van der Waals surface area contributed by atoms with Crippen LogP contribution in [0.15, 0.2) is 24.3 Å². The fourth-order valence-corrected chi connectivity index (χ4v) is 2.39. The summed E-state index contributed by atoms with van der Waals surface area (Å²) in [6.07, 6.45) is 10.4. The van der Waals surface area contributed by atoms with Crippen LogP contribution in [-0.4, -0.2) is 5.78 Å². The molecule has 1 aliphatic carbocycles. The summed E-state index contributed by atoms with van der Waals surface area (Å²) in [5.74, 6) is 1.01. The minimum Gasteiger partial charge on any atom is -0.299 e. The van der Waals surface area contributed by atoms with Gasteiger partial charge >= 0.3 is 0 Å². The third kappa shape index (κ3) is 4.03. The Morgan fingerprint density at radius 2 is 1.87 bits per heavy atom. The lowest BCUT2D eigenvalue weighted by Crippen LogP contribution is -2.22.